The third-order valence-corrected chi connectivity index (χ3v) is 5.36. The molecular weight excluding hydrogens is 300 g/mol. The van der Waals surface area contributed by atoms with Crippen molar-refractivity contribution in [3.05, 3.63) is 70.6 Å². The van der Waals surface area contributed by atoms with E-state index in [1.54, 1.807) is 18.4 Å². The van der Waals surface area contributed by atoms with Crippen LogP contribution in [0.15, 0.2) is 54.6 Å². The lowest BCUT2D eigenvalue weighted by atomic mass is 10.1. The largest absolute Gasteiger partial charge is 0.384 e. The normalized spacial score (nSPS) is 12.7. The Morgan fingerprint density at radius 2 is 1.86 bits per heavy atom. The molecule has 0 spiro atoms. The highest BCUT2D eigenvalue weighted by molar-refractivity contribution is 7.19. The van der Waals surface area contributed by atoms with Gasteiger partial charge < -0.3 is 4.74 Å². The fourth-order valence-corrected chi connectivity index (χ4v) is 3.78. The first-order valence-electron chi connectivity index (χ1n) is 6.98. The molecule has 0 aliphatic heterocycles. The van der Waals surface area contributed by atoms with Gasteiger partial charge in [-0.25, -0.2) is 0 Å². The van der Waals surface area contributed by atoms with E-state index >= 15 is 0 Å². The summed E-state index contributed by atoms with van der Waals surface area (Å²) in [6.45, 7) is 0.750. The molecule has 0 fully saturated rings. The van der Waals surface area contributed by atoms with Crippen LogP contribution in [-0.2, 0) is 11.2 Å². The Hall–Kier alpha value is -1.35. The van der Waals surface area contributed by atoms with E-state index in [1.165, 1.54) is 20.5 Å². The predicted molar refractivity (Wildman–Crippen MR) is 91.5 cm³/mol. The number of hydrogen-bond acceptors (Lipinski definition) is 2. The van der Waals surface area contributed by atoms with Crippen LogP contribution in [0, 0.1) is 0 Å². The maximum atomic E-state index is 6.65. The average molecular weight is 317 g/mol. The maximum absolute atomic E-state index is 6.65. The van der Waals surface area contributed by atoms with Gasteiger partial charge in [-0.3, -0.25) is 0 Å². The lowest BCUT2D eigenvalue weighted by Crippen LogP contribution is -1.95. The molecule has 0 bridgehead atoms. The predicted octanol–water partition coefficient (Wildman–Crippen LogP) is 5.42. The molecule has 3 aromatic rings. The van der Waals surface area contributed by atoms with E-state index in [9.17, 15) is 0 Å². The van der Waals surface area contributed by atoms with E-state index < -0.39 is 0 Å². The quantitative estimate of drug-likeness (QED) is 0.571. The minimum Gasteiger partial charge on any atom is -0.384 e. The van der Waals surface area contributed by atoms with E-state index in [-0.39, 0.29) is 5.38 Å². The third kappa shape index (κ3) is 3.29. The van der Waals surface area contributed by atoms with Crippen molar-refractivity contribution >= 4 is 33.0 Å². The van der Waals surface area contributed by atoms with Crippen LogP contribution in [-0.4, -0.2) is 13.7 Å². The van der Waals surface area contributed by atoms with E-state index in [2.05, 4.69) is 54.6 Å². The van der Waals surface area contributed by atoms with Crippen LogP contribution in [0.4, 0.5) is 0 Å². The first kappa shape index (κ1) is 14.6. The van der Waals surface area contributed by atoms with Gasteiger partial charge in [0.15, 0.2) is 0 Å². The third-order valence-electron chi connectivity index (χ3n) is 3.56. The van der Waals surface area contributed by atoms with Gasteiger partial charge in [-0.2, -0.15) is 0 Å². The minimum atomic E-state index is -0.0844. The number of fused-ring (bicyclic) bond motifs is 1. The maximum Gasteiger partial charge on any atom is 0.0928 e. The van der Waals surface area contributed by atoms with Crippen LogP contribution in [0.2, 0.25) is 0 Å². The summed E-state index contributed by atoms with van der Waals surface area (Å²) in [5.74, 6) is 0. The molecule has 0 aliphatic carbocycles. The van der Waals surface area contributed by atoms with Gasteiger partial charge in [-0.05, 0) is 35.1 Å². The highest BCUT2D eigenvalue weighted by atomic mass is 35.5. The Balaban J connectivity index is 1.82. The van der Waals surface area contributed by atoms with E-state index in [0.29, 0.717) is 0 Å². The van der Waals surface area contributed by atoms with Crippen LogP contribution < -0.4 is 0 Å². The summed E-state index contributed by atoms with van der Waals surface area (Å²) in [5.41, 5.74) is 2.42. The van der Waals surface area contributed by atoms with Crippen molar-refractivity contribution in [2.45, 2.75) is 11.8 Å². The summed E-state index contributed by atoms with van der Waals surface area (Å²) in [7, 11) is 1.73. The fraction of sp³-hybridized carbons (Fsp3) is 0.222. The number of alkyl halides is 1. The smallest absolute Gasteiger partial charge is 0.0928 e. The Kier molecular flexibility index (Phi) is 4.59. The second kappa shape index (κ2) is 6.61. The first-order chi connectivity index (χ1) is 10.3. The van der Waals surface area contributed by atoms with E-state index in [0.717, 1.165) is 18.6 Å². The molecule has 3 rings (SSSR count). The zero-order valence-corrected chi connectivity index (χ0v) is 13.5. The van der Waals surface area contributed by atoms with Gasteiger partial charge in [0.2, 0.25) is 0 Å². The molecular formula is C18H17ClOS. The Labute approximate surface area is 134 Å². The molecule has 0 saturated heterocycles. The molecule has 21 heavy (non-hydrogen) atoms. The summed E-state index contributed by atoms with van der Waals surface area (Å²) >= 11 is 8.41. The molecule has 2 aromatic carbocycles. The lowest BCUT2D eigenvalue weighted by molar-refractivity contribution is 0.202. The van der Waals surface area contributed by atoms with Gasteiger partial charge in [0.1, 0.15) is 0 Å². The molecule has 108 valence electrons. The SMILES string of the molecule is COCCc1ccc(C(Cl)c2cc3ccccc3s2)cc1. The van der Waals surface area contributed by atoms with Crippen molar-refractivity contribution in [3.8, 4) is 0 Å². The van der Waals surface area contributed by atoms with Crippen molar-refractivity contribution in [2.24, 2.45) is 0 Å². The molecule has 0 aliphatic rings. The molecule has 1 heterocycles. The van der Waals surface area contributed by atoms with Gasteiger partial charge >= 0.3 is 0 Å². The second-order valence-corrected chi connectivity index (χ2v) is 6.59. The molecule has 0 amide bonds. The number of benzene rings is 2. The molecule has 1 unspecified atom stereocenters. The highest BCUT2D eigenvalue weighted by Crippen LogP contribution is 2.36. The molecule has 1 nitrogen and oxygen atoms in total. The molecule has 1 aromatic heterocycles. The van der Waals surface area contributed by atoms with Crippen LogP contribution >= 0.6 is 22.9 Å². The average Bonchev–Trinajstić information content (AvgIpc) is 2.96. The van der Waals surface area contributed by atoms with Crippen molar-refractivity contribution < 1.29 is 4.74 Å². The van der Waals surface area contributed by atoms with Gasteiger partial charge in [0, 0.05) is 16.7 Å². The van der Waals surface area contributed by atoms with Crippen molar-refractivity contribution in [1.29, 1.82) is 0 Å². The molecule has 3 heteroatoms. The summed E-state index contributed by atoms with van der Waals surface area (Å²) in [6.07, 6.45) is 0.937. The van der Waals surface area contributed by atoms with Crippen molar-refractivity contribution in [3.63, 3.8) is 0 Å². The van der Waals surface area contributed by atoms with Crippen LogP contribution in [0.1, 0.15) is 21.4 Å². The number of ether oxygens (including phenoxy) is 1. The second-order valence-electron chi connectivity index (χ2n) is 5.03. The Morgan fingerprint density at radius 1 is 1.10 bits per heavy atom. The Morgan fingerprint density at radius 3 is 2.57 bits per heavy atom. The highest BCUT2D eigenvalue weighted by Gasteiger charge is 2.13. The molecule has 0 saturated carbocycles. The number of hydrogen-bond donors (Lipinski definition) is 0. The summed E-state index contributed by atoms with van der Waals surface area (Å²) in [4.78, 5) is 1.20. The number of halogens is 1. The fourth-order valence-electron chi connectivity index (χ4n) is 2.36. The first-order valence-corrected chi connectivity index (χ1v) is 8.23. The standard InChI is InChI=1S/C18H17ClOS/c1-20-11-10-13-6-8-14(9-7-13)18(19)17-12-15-4-2-3-5-16(15)21-17/h2-9,12,18H,10-11H2,1H3. The number of rotatable bonds is 5. The van der Waals surface area contributed by atoms with Crippen LogP contribution in [0.3, 0.4) is 0 Å². The van der Waals surface area contributed by atoms with Crippen molar-refractivity contribution in [2.75, 3.05) is 13.7 Å². The summed E-state index contributed by atoms with van der Waals surface area (Å²) in [6, 6.07) is 19.1. The molecule has 0 radical (unpaired) electrons. The van der Waals surface area contributed by atoms with Gasteiger partial charge in [0.25, 0.3) is 0 Å². The van der Waals surface area contributed by atoms with Gasteiger partial charge in [-0.1, -0.05) is 42.5 Å². The van der Waals surface area contributed by atoms with Gasteiger partial charge in [0.05, 0.1) is 12.0 Å². The van der Waals surface area contributed by atoms with Gasteiger partial charge in [-0.15, -0.1) is 22.9 Å². The molecule has 0 N–H and O–H groups in total. The lowest BCUT2D eigenvalue weighted by Gasteiger charge is -2.08. The van der Waals surface area contributed by atoms with Crippen LogP contribution in [0.25, 0.3) is 10.1 Å². The zero-order valence-electron chi connectivity index (χ0n) is 11.9. The number of methoxy groups -OCH3 is 1. The monoisotopic (exact) mass is 316 g/mol. The Bertz CT molecular complexity index is 684. The summed E-state index contributed by atoms with van der Waals surface area (Å²) < 4.78 is 6.39. The number of thiophene rings is 1. The minimum absolute atomic E-state index is 0.0844. The van der Waals surface area contributed by atoms with Crippen LogP contribution in [0.5, 0.6) is 0 Å². The van der Waals surface area contributed by atoms with E-state index in [4.69, 9.17) is 16.3 Å². The summed E-state index contributed by atoms with van der Waals surface area (Å²) in [5, 5.41) is 1.18. The zero-order chi connectivity index (χ0) is 14.7. The topological polar surface area (TPSA) is 9.23 Å². The van der Waals surface area contributed by atoms with Crippen molar-refractivity contribution in [1.82, 2.24) is 0 Å². The van der Waals surface area contributed by atoms with E-state index in [1.807, 2.05) is 0 Å². The molecule has 1 atom stereocenters.